The van der Waals surface area contributed by atoms with Crippen molar-refractivity contribution < 1.29 is 24.3 Å². The maximum absolute atomic E-state index is 13.0. The number of nitrogens with zero attached hydrogens (tertiary/aromatic N) is 1. The summed E-state index contributed by atoms with van der Waals surface area (Å²) < 4.78 is 13.0. The first-order chi connectivity index (χ1) is 11.8. The number of aliphatic carboxylic acids is 1. The van der Waals surface area contributed by atoms with Gasteiger partial charge in [0.1, 0.15) is 11.4 Å². The molecule has 1 aliphatic rings. The van der Waals surface area contributed by atoms with Gasteiger partial charge in [-0.2, -0.15) is 0 Å². The van der Waals surface area contributed by atoms with Gasteiger partial charge in [0.2, 0.25) is 0 Å². The Labute approximate surface area is 171 Å². The summed E-state index contributed by atoms with van der Waals surface area (Å²) >= 11 is 0. The van der Waals surface area contributed by atoms with Gasteiger partial charge in [-0.25, -0.2) is 4.39 Å². The lowest BCUT2D eigenvalue weighted by Crippen LogP contribution is -2.55. The highest BCUT2D eigenvalue weighted by Crippen LogP contribution is 2.31. The smallest absolute Gasteiger partial charge is 0.451 e. The highest BCUT2D eigenvalue weighted by molar-refractivity contribution is 6.40. The van der Waals surface area contributed by atoms with Gasteiger partial charge in [-0.15, -0.1) is 24.8 Å². The lowest BCUT2D eigenvalue weighted by molar-refractivity contribution is -0.145. The first kappa shape index (κ1) is 26.1. The molecule has 1 aromatic rings. The molecule has 1 heterocycles. The second-order valence-corrected chi connectivity index (χ2v) is 6.92. The SMILES string of the molecule is Cl.Cl.NC(CCCCB(O)O)(C(=O)O)[C@H]1CCN(Cc2ccc(F)cc2)C1. The van der Waals surface area contributed by atoms with E-state index >= 15 is 0 Å². The molecule has 1 saturated heterocycles. The third kappa shape index (κ3) is 7.56. The van der Waals surface area contributed by atoms with Gasteiger partial charge in [0, 0.05) is 19.0 Å². The average Bonchev–Trinajstić information content (AvgIpc) is 3.02. The van der Waals surface area contributed by atoms with E-state index in [0.717, 1.165) is 12.1 Å². The van der Waals surface area contributed by atoms with Crippen LogP contribution in [0.25, 0.3) is 0 Å². The molecule has 0 spiro atoms. The van der Waals surface area contributed by atoms with Gasteiger partial charge >= 0.3 is 13.1 Å². The molecule has 0 amide bonds. The molecule has 1 aliphatic heterocycles. The molecule has 1 aromatic carbocycles. The van der Waals surface area contributed by atoms with E-state index in [2.05, 4.69) is 4.90 Å². The molecule has 5 N–H and O–H groups in total. The largest absolute Gasteiger partial charge is 0.480 e. The molecule has 1 fully saturated rings. The van der Waals surface area contributed by atoms with Crippen LogP contribution in [0.4, 0.5) is 4.39 Å². The van der Waals surface area contributed by atoms with Crippen LogP contribution in [0.3, 0.4) is 0 Å². The summed E-state index contributed by atoms with van der Waals surface area (Å²) in [5.41, 5.74) is 5.91. The van der Waals surface area contributed by atoms with Crippen LogP contribution >= 0.6 is 24.8 Å². The Hall–Kier alpha value is -0.895. The molecule has 10 heteroatoms. The quantitative estimate of drug-likeness (QED) is 0.356. The Balaban J connectivity index is 0.00000338. The van der Waals surface area contributed by atoms with Gasteiger partial charge in [-0.3, -0.25) is 9.69 Å². The Kier molecular flexibility index (Phi) is 11.4. The van der Waals surface area contributed by atoms with E-state index in [9.17, 15) is 14.3 Å². The van der Waals surface area contributed by atoms with E-state index in [4.69, 9.17) is 15.8 Å². The molecule has 0 aromatic heterocycles. The van der Waals surface area contributed by atoms with Crippen molar-refractivity contribution >= 4 is 37.9 Å². The summed E-state index contributed by atoms with van der Waals surface area (Å²) in [5, 5.41) is 27.4. The summed E-state index contributed by atoms with van der Waals surface area (Å²) in [6.45, 7) is 1.98. The highest BCUT2D eigenvalue weighted by Gasteiger charge is 2.44. The third-order valence-corrected chi connectivity index (χ3v) is 5.02. The number of likely N-dealkylation sites (tertiary alicyclic amines) is 1. The summed E-state index contributed by atoms with van der Waals surface area (Å²) in [4.78, 5) is 13.9. The maximum atomic E-state index is 13.0. The molecule has 0 aliphatic carbocycles. The topological polar surface area (TPSA) is 107 Å². The first-order valence-electron chi connectivity index (χ1n) is 8.66. The van der Waals surface area contributed by atoms with E-state index < -0.39 is 18.6 Å². The lowest BCUT2D eigenvalue weighted by atomic mass is 9.77. The first-order valence-corrected chi connectivity index (χ1v) is 8.66. The molecule has 0 radical (unpaired) electrons. The van der Waals surface area contributed by atoms with E-state index in [0.29, 0.717) is 38.8 Å². The number of nitrogens with two attached hydrogens (primary N) is 1. The monoisotopic (exact) mass is 424 g/mol. The maximum Gasteiger partial charge on any atom is 0.451 e. The fraction of sp³-hybridized carbons (Fsp3) is 0.588. The van der Waals surface area contributed by atoms with Crippen molar-refractivity contribution in [2.75, 3.05) is 13.1 Å². The zero-order chi connectivity index (χ0) is 18.4. The molecule has 1 unspecified atom stereocenters. The second-order valence-electron chi connectivity index (χ2n) is 6.92. The lowest BCUT2D eigenvalue weighted by Gasteiger charge is -2.31. The predicted molar refractivity (Wildman–Crippen MR) is 108 cm³/mol. The molecule has 154 valence electrons. The summed E-state index contributed by atoms with van der Waals surface area (Å²) in [7, 11) is -1.37. The molecule has 6 nitrogen and oxygen atoms in total. The van der Waals surface area contributed by atoms with E-state index in [1.54, 1.807) is 12.1 Å². The zero-order valence-electron chi connectivity index (χ0n) is 15.1. The Morgan fingerprint density at radius 3 is 2.44 bits per heavy atom. The van der Waals surface area contributed by atoms with Gasteiger partial charge in [-0.05, 0) is 43.4 Å². The van der Waals surface area contributed by atoms with Crippen LogP contribution < -0.4 is 5.73 Å². The number of hydrogen-bond donors (Lipinski definition) is 4. The molecular formula is C17H28BCl2FN2O4. The van der Waals surface area contributed by atoms with Gasteiger partial charge in [-0.1, -0.05) is 25.0 Å². The van der Waals surface area contributed by atoms with Crippen molar-refractivity contribution in [2.24, 2.45) is 11.7 Å². The number of rotatable bonds is 9. The van der Waals surface area contributed by atoms with Gasteiger partial charge < -0.3 is 20.9 Å². The zero-order valence-corrected chi connectivity index (χ0v) is 16.7. The summed E-state index contributed by atoms with van der Waals surface area (Å²) in [6, 6.07) is 6.30. The molecule has 2 rings (SSSR count). The number of benzene rings is 1. The Morgan fingerprint density at radius 1 is 1.26 bits per heavy atom. The highest BCUT2D eigenvalue weighted by atomic mass is 35.5. The number of halogens is 3. The van der Waals surface area contributed by atoms with Gasteiger partial charge in [0.05, 0.1) is 0 Å². The van der Waals surface area contributed by atoms with Crippen LogP contribution in [0.2, 0.25) is 6.32 Å². The van der Waals surface area contributed by atoms with Crippen LogP contribution in [-0.4, -0.2) is 51.8 Å². The normalized spacial score (nSPS) is 18.9. The average molecular weight is 425 g/mol. The second kappa shape index (κ2) is 11.8. The molecule has 0 bridgehead atoms. The fourth-order valence-corrected chi connectivity index (χ4v) is 3.47. The van der Waals surface area contributed by atoms with Crippen molar-refractivity contribution in [1.29, 1.82) is 0 Å². The van der Waals surface area contributed by atoms with E-state index in [-0.39, 0.29) is 42.9 Å². The minimum absolute atomic E-state index is 0. The van der Waals surface area contributed by atoms with Crippen molar-refractivity contribution in [3.63, 3.8) is 0 Å². The van der Waals surface area contributed by atoms with Crippen LogP contribution in [0, 0.1) is 11.7 Å². The Bertz CT molecular complexity index is 583. The van der Waals surface area contributed by atoms with Crippen molar-refractivity contribution in [1.82, 2.24) is 4.90 Å². The number of hydrogen-bond acceptors (Lipinski definition) is 5. The van der Waals surface area contributed by atoms with Gasteiger partial charge in [0.15, 0.2) is 0 Å². The van der Waals surface area contributed by atoms with Crippen LogP contribution in [0.15, 0.2) is 24.3 Å². The van der Waals surface area contributed by atoms with Crippen LogP contribution in [0.5, 0.6) is 0 Å². The standard InChI is InChI=1S/C17H26BFN2O4.2ClH/c19-15-5-3-13(4-6-15)11-21-10-7-14(12-21)17(20,16(22)23)8-1-2-9-18(24)25;;/h3-6,14,24-25H,1-2,7-12,20H2,(H,22,23);2*1H/t14-,17?;;/m0../s1. The van der Waals surface area contributed by atoms with E-state index in [1.165, 1.54) is 12.1 Å². The number of carboxylic acid groups (broad SMARTS) is 1. The van der Waals surface area contributed by atoms with Crippen molar-refractivity contribution in [2.45, 2.75) is 44.1 Å². The molecule has 27 heavy (non-hydrogen) atoms. The fourth-order valence-electron chi connectivity index (χ4n) is 3.47. The molecular weight excluding hydrogens is 397 g/mol. The summed E-state index contributed by atoms with van der Waals surface area (Å²) in [6.07, 6.45) is 2.29. The molecule has 2 atom stereocenters. The van der Waals surface area contributed by atoms with Crippen LogP contribution in [0.1, 0.15) is 31.2 Å². The van der Waals surface area contributed by atoms with Crippen molar-refractivity contribution in [3.8, 4) is 0 Å². The number of carbonyl (C=O) groups is 1. The predicted octanol–water partition coefficient (Wildman–Crippen LogP) is 1.92. The Morgan fingerprint density at radius 2 is 1.89 bits per heavy atom. The van der Waals surface area contributed by atoms with Crippen LogP contribution in [-0.2, 0) is 11.3 Å². The molecule has 0 saturated carbocycles. The van der Waals surface area contributed by atoms with E-state index in [1.807, 2.05) is 0 Å². The summed E-state index contributed by atoms with van der Waals surface area (Å²) in [5.74, 6) is -1.45. The number of unbranched alkanes of at least 4 members (excludes halogenated alkanes) is 1. The minimum atomic E-state index is -1.37. The number of carboxylic acids is 1. The third-order valence-electron chi connectivity index (χ3n) is 5.02. The van der Waals surface area contributed by atoms with Gasteiger partial charge in [0.25, 0.3) is 0 Å². The minimum Gasteiger partial charge on any atom is -0.480 e. The van der Waals surface area contributed by atoms with Crippen molar-refractivity contribution in [3.05, 3.63) is 35.6 Å².